The van der Waals surface area contributed by atoms with Crippen LogP contribution in [0.1, 0.15) is 40.5 Å². The highest BCUT2D eigenvalue weighted by Gasteiger charge is 2.13. The maximum Gasteiger partial charge on any atom is 0.335 e. The molecule has 0 aliphatic heterocycles. The molecule has 0 aliphatic rings. The van der Waals surface area contributed by atoms with Crippen molar-refractivity contribution in [2.24, 2.45) is 0 Å². The van der Waals surface area contributed by atoms with Crippen LogP contribution < -0.4 is 0 Å². The minimum Gasteiger partial charge on any atom is -0.478 e. The molecule has 0 bridgehead atoms. The fraction of sp³-hybridized carbons (Fsp3) is 0.357. The normalized spacial score (nSPS) is 11.0. The molecule has 0 saturated carbocycles. The van der Waals surface area contributed by atoms with E-state index in [1.54, 1.807) is 12.1 Å². The first-order chi connectivity index (χ1) is 8.04. The lowest BCUT2D eigenvalue weighted by molar-refractivity contribution is 0.0697. The fourth-order valence-corrected chi connectivity index (χ4v) is 2.35. The Kier molecular flexibility index (Phi) is 2.92. The minimum atomic E-state index is -0.865. The Morgan fingerprint density at radius 2 is 2.06 bits per heavy atom. The zero-order valence-corrected chi connectivity index (χ0v) is 10.4. The largest absolute Gasteiger partial charge is 0.478 e. The molecule has 0 aliphatic carbocycles. The number of rotatable bonds is 3. The van der Waals surface area contributed by atoms with Crippen molar-refractivity contribution in [1.29, 1.82) is 0 Å². The number of aromatic amines is 1. The molecule has 2 N–H and O–H groups in total. The number of hydrogen-bond acceptors (Lipinski definition) is 1. The molecule has 1 heterocycles. The van der Waals surface area contributed by atoms with Gasteiger partial charge in [0.15, 0.2) is 0 Å². The van der Waals surface area contributed by atoms with E-state index in [1.165, 1.54) is 5.56 Å². The molecule has 90 valence electrons. The Bertz CT molecular complexity index is 581. The third-order valence-corrected chi connectivity index (χ3v) is 3.17. The van der Waals surface area contributed by atoms with Gasteiger partial charge in [-0.15, -0.1) is 0 Å². The molecular formula is C14H17NO2. The maximum atomic E-state index is 11.1. The van der Waals surface area contributed by atoms with Crippen molar-refractivity contribution in [3.63, 3.8) is 0 Å². The third-order valence-electron chi connectivity index (χ3n) is 3.17. The molecule has 0 atom stereocenters. The molecular weight excluding hydrogens is 214 g/mol. The Morgan fingerprint density at radius 3 is 2.65 bits per heavy atom. The SMILES string of the molecule is CCCc1c(C)[nH]c2c(C)cc(C(=O)O)cc12. The van der Waals surface area contributed by atoms with Gasteiger partial charge in [0.25, 0.3) is 0 Å². The highest BCUT2D eigenvalue weighted by atomic mass is 16.4. The summed E-state index contributed by atoms with van der Waals surface area (Å²) >= 11 is 0. The number of carbonyl (C=O) groups is 1. The number of nitrogens with one attached hydrogen (secondary N) is 1. The van der Waals surface area contributed by atoms with Crippen molar-refractivity contribution in [2.75, 3.05) is 0 Å². The molecule has 2 aromatic rings. The molecule has 0 spiro atoms. The molecule has 0 radical (unpaired) electrons. The summed E-state index contributed by atoms with van der Waals surface area (Å²) in [4.78, 5) is 14.4. The summed E-state index contributed by atoms with van der Waals surface area (Å²) < 4.78 is 0. The molecule has 17 heavy (non-hydrogen) atoms. The summed E-state index contributed by atoms with van der Waals surface area (Å²) in [6.45, 7) is 6.12. The Labute approximate surface area is 100 Å². The van der Waals surface area contributed by atoms with Gasteiger partial charge in [-0.05, 0) is 43.5 Å². The summed E-state index contributed by atoms with van der Waals surface area (Å²) in [5, 5.41) is 10.1. The standard InChI is InChI=1S/C14H17NO2/c1-4-5-11-9(3)15-13-8(2)6-10(14(16)17)7-12(11)13/h6-7,15H,4-5H2,1-3H3,(H,16,17). The number of aromatic carboxylic acids is 1. The van der Waals surface area contributed by atoms with E-state index in [1.807, 2.05) is 13.8 Å². The number of fused-ring (bicyclic) bond motifs is 1. The Hall–Kier alpha value is -1.77. The smallest absolute Gasteiger partial charge is 0.335 e. The van der Waals surface area contributed by atoms with Crippen molar-refractivity contribution in [2.45, 2.75) is 33.6 Å². The van der Waals surface area contributed by atoms with E-state index in [0.29, 0.717) is 5.56 Å². The quantitative estimate of drug-likeness (QED) is 0.850. The van der Waals surface area contributed by atoms with Crippen molar-refractivity contribution in [3.8, 4) is 0 Å². The fourth-order valence-electron chi connectivity index (χ4n) is 2.35. The predicted octanol–water partition coefficient (Wildman–Crippen LogP) is 3.44. The molecule has 1 aromatic carbocycles. The van der Waals surface area contributed by atoms with Crippen LogP contribution in [0.25, 0.3) is 10.9 Å². The van der Waals surface area contributed by atoms with Gasteiger partial charge in [0.1, 0.15) is 0 Å². The van der Waals surface area contributed by atoms with E-state index in [0.717, 1.165) is 35.0 Å². The number of H-pyrrole nitrogens is 1. The molecule has 0 saturated heterocycles. The van der Waals surface area contributed by atoms with Gasteiger partial charge in [0.05, 0.1) is 5.56 Å². The lowest BCUT2D eigenvalue weighted by atomic mass is 10.0. The highest BCUT2D eigenvalue weighted by molar-refractivity contribution is 5.96. The van der Waals surface area contributed by atoms with Gasteiger partial charge in [-0.1, -0.05) is 13.3 Å². The summed E-state index contributed by atoms with van der Waals surface area (Å²) in [6, 6.07) is 3.50. The van der Waals surface area contributed by atoms with E-state index >= 15 is 0 Å². The average molecular weight is 231 g/mol. The minimum absolute atomic E-state index is 0.367. The van der Waals surface area contributed by atoms with Crippen LogP contribution in [0.15, 0.2) is 12.1 Å². The Morgan fingerprint density at radius 1 is 1.35 bits per heavy atom. The number of aryl methyl sites for hydroxylation is 3. The van der Waals surface area contributed by atoms with Crippen LogP contribution in [0, 0.1) is 13.8 Å². The molecule has 0 amide bonds. The second kappa shape index (κ2) is 4.24. The lowest BCUT2D eigenvalue weighted by Gasteiger charge is -2.02. The van der Waals surface area contributed by atoms with Crippen molar-refractivity contribution < 1.29 is 9.90 Å². The number of carboxylic acid groups (broad SMARTS) is 1. The number of hydrogen-bond donors (Lipinski definition) is 2. The van der Waals surface area contributed by atoms with Crippen LogP contribution in [-0.2, 0) is 6.42 Å². The van der Waals surface area contributed by atoms with Gasteiger partial charge in [-0.25, -0.2) is 4.79 Å². The van der Waals surface area contributed by atoms with Gasteiger partial charge < -0.3 is 10.1 Å². The summed E-state index contributed by atoms with van der Waals surface area (Å²) in [6.07, 6.45) is 2.04. The third kappa shape index (κ3) is 1.93. The zero-order valence-electron chi connectivity index (χ0n) is 10.4. The van der Waals surface area contributed by atoms with E-state index < -0.39 is 5.97 Å². The van der Waals surface area contributed by atoms with E-state index in [9.17, 15) is 4.79 Å². The zero-order chi connectivity index (χ0) is 12.6. The number of aromatic nitrogens is 1. The second-order valence-electron chi connectivity index (χ2n) is 4.50. The highest BCUT2D eigenvalue weighted by Crippen LogP contribution is 2.27. The van der Waals surface area contributed by atoms with Gasteiger partial charge >= 0.3 is 5.97 Å². The van der Waals surface area contributed by atoms with Crippen molar-refractivity contribution >= 4 is 16.9 Å². The van der Waals surface area contributed by atoms with Gasteiger partial charge in [0.2, 0.25) is 0 Å². The van der Waals surface area contributed by atoms with Crippen LogP contribution in [-0.4, -0.2) is 16.1 Å². The van der Waals surface area contributed by atoms with E-state index in [2.05, 4.69) is 11.9 Å². The van der Waals surface area contributed by atoms with Crippen LogP contribution in [0.2, 0.25) is 0 Å². The lowest BCUT2D eigenvalue weighted by Crippen LogP contribution is -1.97. The average Bonchev–Trinajstić information content (AvgIpc) is 2.57. The van der Waals surface area contributed by atoms with Crippen LogP contribution in [0.4, 0.5) is 0 Å². The van der Waals surface area contributed by atoms with Crippen molar-refractivity contribution in [3.05, 3.63) is 34.5 Å². The first-order valence-corrected chi connectivity index (χ1v) is 5.89. The first-order valence-electron chi connectivity index (χ1n) is 5.89. The van der Waals surface area contributed by atoms with Gasteiger partial charge in [0, 0.05) is 16.6 Å². The maximum absolute atomic E-state index is 11.1. The van der Waals surface area contributed by atoms with Crippen LogP contribution >= 0.6 is 0 Å². The number of carboxylic acids is 1. The molecule has 0 unspecified atom stereocenters. The summed E-state index contributed by atoms with van der Waals surface area (Å²) in [5.74, 6) is -0.865. The molecule has 3 heteroatoms. The monoisotopic (exact) mass is 231 g/mol. The van der Waals surface area contributed by atoms with Gasteiger partial charge in [-0.3, -0.25) is 0 Å². The van der Waals surface area contributed by atoms with Crippen LogP contribution in [0.3, 0.4) is 0 Å². The van der Waals surface area contributed by atoms with Crippen LogP contribution in [0.5, 0.6) is 0 Å². The predicted molar refractivity (Wildman–Crippen MR) is 68.7 cm³/mol. The van der Waals surface area contributed by atoms with E-state index in [4.69, 9.17) is 5.11 Å². The molecule has 2 rings (SSSR count). The van der Waals surface area contributed by atoms with E-state index in [-0.39, 0.29) is 0 Å². The summed E-state index contributed by atoms with van der Waals surface area (Å²) in [7, 11) is 0. The Balaban J connectivity index is 2.74. The topological polar surface area (TPSA) is 53.1 Å². The molecule has 1 aromatic heterocycles. The molecule has 3 nitrogen and oxygen atoms in total. The summed E-state index contributed by atoms with van der Waals surface area (Å²) in [5.41, 5.74) is 4.81. The number of benzene rings is 1. The van der Waals surface area contributed by atoms with Gasteiger partial charge in [-0.2, -0.15) is 0 Å². The van der Waals surface area contributed by atoms with Crippen molar-refractivity contribution in [1.82, 2.24) is 4.98 Å². The molecule has 0 fully saturated rings. The second-order valence-corrected chi connectivity index (χ2v) is 4.50. The first kappa shape index (κ1) is 11.7.